The summed E-state index contributed by atoms with van der Waals surface area (Å²) in [5, 5.41) is 1.24. The molecule has 1 saturated heterocycles. The Morgan fingerprint density at radius 2 is 0.850 bits per heavy atom. The Morgan fingerprint density at radius 3 is 1.18 bits per heavy atom. The van der Waals surface area contributed by atoms with Gasteiger partial charge in [0, 0.05) is 72.3 Å². The molecule has 6 heteroatoms. The third-order valence-corrected chi connectivity index (χ3v) is 8.19. The maximum Gasteiger partial charge on any atom is 0.164 e. The van der Waals surface area contributed by atoms with Crippen LogP contribution < -0.4 is 0 Å². The molecule has 0 aromatic heterocycles. The lowest BCUT2D eigenvalue weighted by Crippen LogP contribution is -2.49. The van der Waals surface area contributed by atoms with Crippen molar-refractivity contribution in [2.24, 2.45) is 0 Å². The molecule has 0 unspecified atom stereocenters. The predicted octanol–water partition coefficient (Wildman–Crippen LogP) is 7.94. The van der Waals surface area contributed by atoms with Gasteiger partial charge in [-0.1, -0.05) is 83.9 Å². The van der Waals surface area contributed by atoms with E-state index >= 15 is 0 Å². The minimum atomic E-state index is -0.0302. The van der Waals surface area contributed by atoms with Gasteiger partial charge in [0.15, 0.2) is 11.6 Å². The van der Waals surface area contributed by atoms with Crippen LogP contribution in [-0.2, 0) is 0 Å². The van der Waals surface area contributed by atoms with Crippen molar-refractivity contribution >= 4 is 34.8 Å². The van der Waals surface area contributed by atoms with Crippen LogP contribution in [0.3, 0.4) is 0 Å². The first kappa shape index (κ1) is 28.3. The van der Waals surface area contributed by atoms with Gasteiger partial charge in [0.1, 0.15) is 0 Å². The molecule has 40 heavy (non-hydrogen) atoms. The first-order chi connectivity index (χ1) is 19.5. The lowest BCUT2D eigenvalue weighted by molar-refractivity contribution is 0.0557. The monoisotopic (exact) mass is 570 g/mol. The van der Waals surface area contributed by atoms with Crippen LogP contribution in [-0.4, -0.2) is 47.5 Å². The zero-order valence-electron chi connectivity index (χ0n) is 22.3. The number of halogens is 2. The predicted molar refractivity (Wildman–Crippen MR) is 162 cm³/mol. The Balaban J connectivity index is 1.32. The van der Waals surface area contributed by atoms with Gasteiger partial charge in [0.05, 0.1) is 0 Å². The van der Waals surface area contributed by atoms with Crippen LogP contribution >= 0.6 is 23.2 Å². The van der Waals surface area contributed by atoms with Crippen molar-refractivity contribution in [2.75, 3.05) is 26.2 Å². The Morgan fingerprint density at radius 1 is 0.525 bits per heavy atom. The average Bonchev–Trinajstić information content (AvgIpc) is 3.00. The molecule has 0 radical (unpaired) electrons. The zero-order chi connectivity index (χ0) is 27.9. The topological polar surface area (TPSA) is 40.6 Å². The van der Waals surface area contributed by atoms with E-state index in [4.69, 9.17) is 23.2 Å². The molecule has 1 aliphatic heterocycles. The minimum Gasteiger partial charge on any atom is -0.294 e. The molecule has 2 atom stereocenters. The van der Waals surface area contributed by atoms with Crippen molar-refractivity contribution in [3.05, 3.63) is 141 Å². The highest BCUT2D eigenvalue weighted by atomic mass is 35.5. The molecule has 4 nitrogen and oxygen atoms in total. The van der Waals surface area contributed by atoms with E-state index in [2.05, 4.69) is 34.1 Å². The molecule has 204 valence electrons. The molecule has 0 bridgehead atoms. The summed E-state index contributed by atoms with van der Waals surface area (Å²) in [6, 6.07) is 34.7. The summed E-state index contributed by atoms with van der Waals surface area (Å²) in [5.41, 5.74) is 3.62. The number of piperazine rings is 1. The first-order valence-electron chi connectivity index (χ1n) is 13.6. The number of nitrogens with zero attached hydrogens (tertiary/aromatic N) is 2. The van der Waals surface area contributed by atoms with E-state index in [9.17, 15) is 9.59 Å². The SMILES string of the molecule is O=C(C[C@@H](c1ccccc1)N1CCN([C@@H](CC(=O)c2ccc(Cl)cc2)c2ccccc2)CC1)c1ccc(Cl)cc1. The van der Waals surface area contributed by atoms with Crippen LogP contribution in [0.25, 0.3) is 0 Å². The fourth-order valence-corrected chi connectivity index (χ4v) is 5.74. The molecule has 4 aromatic carbocycles. The summed E-state index contributed by atoms with van der Waals surface area (Å²) < 4.78 is 0. The maximum atomic E-state index is 13.3. The molecule has 0 N–H and O–H groups in total. The van der Waals surface area contributed by atoms with Crippen molar-refractivity contribution in [3.8, 4) is 0 Å². The van der Waals surface area contributed by atoms with Crippen LogP contribution in [0.5, 0.6) is 0 Å². The molecule has 1 aliphatic rings. The highest BCUT2D eigenvalue weighted by molar-refractivity contribution is 6.31. The summed E-state index contributed by atoms with van der Waals surface area (Å²) in [6.07, 6.45) is 0.783. The molecule has 0 saturated carbocycles. The Kier molecular flexibility index (Phi) is 9.45. The second kappa shape index (κ2) is 13.4. The highest BCUT2D eigenvalue weighted by Gasteiger charge is 2.31. The van der Waals surface area contributed by atoms with Gasteiger partial charge in [-0.05, 0) is 59.7 Å². The van der Waals surface area contributed by atoms with Crippen LogP contribution in [0.4, 0.5) is 0 Å². The summed E-state index contributed by atoms with van der Waals surface area (Å²) in [5.74, 6) is 0.201. The van der Waals surface area contributed by atoms with E-state index in [0.29, 0.717) is 34.0 Å². The minimum absolute atomic E-state index is 0.0302. The van der Waals surface area contributed by atoms with E-state index in [1.165, 1.54) is 0 Å². The molecular weight excluding hydrogens is 539 g/mol. The van der Waals surface area contributed by atoms with Crippen molar-refractivity contribution in [1.29, 1.82) is 0 Å². The lowest BCUT2D eigenvalue weighted by Gasteiger charge is -2.42. The summed E-state index contributed by atoms with van der Waals surface area (Å²) in [6.45, 7) is 3.19. The second-order valence-corrected chi connectivity index (χ2v) is 11.1. The van der Waals surface area contributed by atoms with Gasteiger partial charge in [0.2, 0.25) is 0 Å². The number of carbonyl (C=O) groups is 2. The van der Waals surface area contributed by atoms with Crippen molar-refractivity contribution in [3.63, 3.8) is 0 Å². The van der Waals surface area contributed by atoms with E-state index in [0.717, 1.165) is 37.3 Å². The smallest absolute Gasteiger partial charge is 0.164 e. The Hall–Kier alpha value is -3.28. The van der Waals surface area contributed by atoms with E-state index < -0.39 is 0 Å². The third-order valence-electron chi connectivity index (χ3n) is 7.69. The van der Waals surface area contributed by atoms with Crippen LogP contribution in [0, 0.1) is 0 Å². The van der Waals surface area contributed by atoms with Crippen molar-refractivity contribution in [2.45, 2.75) is 24.9 Å². The molecule has 0 amide bonds. The second-order valence-electron chi connectivity index (χ2n) is 10.2. The van der Waals surface area contributed by atoms with Gasteiger partial charge in [-0.15, -0.1) is 0 Å². The van der Waals surface area contributed by atoms with Gasteiger partial charge < -0.3 is 0 Å². The quantitative estimate of drug-likeness (QED) is 0.181. The summed E-state index contributed by atoms with van der Waals surface area (Å²) in [4.78, 5) is 31.4. The van der Waals surface area contributed by atoms with Crippen LogP contribution in [0.2, 0.25) is 10.0 Å². The lowest BCUT2D eigenvalue weighted by atomic mass is 9.94. The normalized spacial score (nSPS) is 15.8. The number of hydrogen-bond donors (Lipinski definition) is 0. The molecule has 0 spiro atoms. The van der Waals surface area contributed by atoms with Crippen LogP contribution in [0.15, 0.2) is 109 Å². The van der Waals surface area contributed by atoms with Crippen molar-refractivity contribution < 1.29 is 9.59 Å². The zero-order valence-corrected chi connectivity index (χ0v) is 23.8. The van der Waals surface area contributed by atoms with Gasteiger partial charge in [-0.3, -0.25) is 19.4 Å². The number of rotatable bonds is 10. The maximum absolute atomic E-state index is 13.3. The number of hydrogen-bond acceptors (Lipinski definition) is 4. The summed E-state index contributed by atoms with van der Waals surface area (Å²) >= 11 is 12.1. The molecule has 1 heterocycles. The van der Waals surface area contributed by atoms with Crippen LogP contribution in [0.1, 0.15) is 56.8 Å². The standard InChI is InChI=1S/C34H32Cl2N2O2/c35-29-15-11-27(12-16-29)33(39)23-31(25-7-3-1-4-8-25)37-19-21-38(22-20-37)32(26-9-5-2-6-10-26)24-34(40)28-13-17-30(36)18-14-28/h1-18,31-32H,19-24H2/t31-,32-/m0/s1. The highest BCUT2D eigenvalue weighted by Crippen LogP contribution is 2.32. The molecular formula is C34H32Cl2N2O2. The molecule has 5 rings (SSSR count). The van der Waals surface area contributed by atoms with E-state index in [-0.39, 0.29) is 23.7 Å². The van der Waals surface area contributed by atoms with Gasteiger partial charge in [0.25, 0.3) is 0 Å². The van der Waals surface area contributed by atoms with Gasteiger partial charge in [-0.25, -0.2) is 0 Å². The number of carbonyl (C=O) groups excluding carboxylic acids is 2. The van der Waals surface area contributed by atoms with Crippen molar-refractivity contribution in [1.82, 2.24) is 9.80 Å². The number of Topliss-reactive ketones (excluding diaryl/α,β-unsaturated/α-hetero) is 2. The fraction of sp³-hybridized carbons (Fsp3) is 0.235. The molecule has 1 fully saturated rings. The largest absolute Gasteiger partial charge is 0.294 e. The Labute approximate surface area is 246 Å². The fourth-order valence-electron chi connectivity index (χ4n) is 5.49. The van der Waals surface area contributed by atoms with E-state index in [1.54, 1.807) is 48.5 Å². The first-order valence-corrected chi connectivity index (χ1v) is 14.4. The Bertz CT molecular complexity index is 1290. The van der Waals surface area contributed by atoms with E-state index in [1.807, 2.05) is 36.4 Å². The number of benzene rings is 4. The summed E-state index contributed by atoms with van der Waals surface area (Å²) in [7, 11) is 0. The van der Waals surface area contributed by atoms with Gasteiger partial charge in [-0.2, -0.15) is 0 Å². The average molecular weight is 572 g/mol. The number of ketones is 2. The molecule has 4 aromatic rings. The molecule has 0 aliphatic carbocycles. The van der Waals surface area contributed by atoms with Gasteiger partial charge >= 0.3 is 0 Å². The third kappa shape index (κ3) is 7.07.